The SMILES string of the molecule is C#CCN(CN1CCC[C@@H]1C=O)C(=O)Oc1ccc([N+](=O)[O-])cc1. The minimum atomic E-state index is -0.668. The summed E-state index contributed by atoms with van der Waals surface area (Å²) in [5, 5.41) is 10.6. The van der Waals surface area contributed by atoms with Crippen molar-refractivity contribution in [1.29, 1.82) is 0 Å². The van der Waals surface area contributed by atoms with Crippen LogP contribution < -0.4 is 4.74 Å². The van der Waals surface area contributed by atoms with Gasteiger partial charge in [-0.15, -0.1) is 6.42 Å². The number of nitrogens with zero attached hydrogens (tertiary/aromatic N) is 3. The van der Waals surface area contributed by atoms with Crippen LogP contribution in [0.15, 0.2) is 24.3 Å². The van der Waals surface area contributed by atoms with Gasteiger partial charge in [0.15, 0.2) is 0 Å². The van der Waals surface area contributed by atoms with E-state index in [1.807, 2.05) is 4.90 Å². The molecule has 24 heavy (non-hydrogen) atoms. The lowest BCUT2D eigenvalue weighted by atomic mass is 10.2. The predicted molar refractivity (Wildman–Crippen MR) is 85.3 cm³/mol. The summed E-state index contributed by atoms with van der Waals surface area (Å²) in [5.41, 5.74) is -0.0961. The summed E-state index contributed by atoms with van der Waals surface area (Å²) in [5.74, 6) is 2.57. The maximum Gasteiger partial charge on any atom is 0.417 e. The van der Waals surface area contributed by atoms with E-state index >= 15 is 0 Å². The molecule has 1 aromatic carbocycles. The van der Waals surface area contributed by atoms with Gasteiger partial charge in [0.2, 0.25) is 0 Å². The summed E-state index contributed by atoms with van der Waals surface area (Å²) >= 11 is 0. The highest BCUT2D eigenvalue weighted by Gasteiger charge is 2.27. The number of benzene rings is 1. The van der Waals surface area contributed by atoms with Crippen LogP contribution in [0.25, 0.3) is 0 Å². The molecule has 1 heterocycles. The summed E-state index contributed by atoms with van der Waals surface area (Å²) in [6.07, 6.45) is 7.12. The summed E-state index contributed by atoms with van der Waals surface area (Å²) in [7, 11) is 0. The second-order valence-corrected chi connectivity index (χ2v) is 5.32. The number of rotatable bonds is 6. The molecule has 0 spiro atoms. The number of hydrogen-bond donors (Lipinski definition) is 0. The van der Waals surface area contributed by atoms with E-state index in [0.29, 0.717) is 6.54 Å². The van der Waals surface area contributed by atoms with Gasteiger partial charge in [0, 0.05) is 18.7 Å². The lowest BCUT2D eigenvalue weighted by Crippen LogP contribution is -2.45. The Morgan fingerprint density at radius 1 is 1.50 bits per heavy atom. The number of nitro benzene ring substituents is 1. The standard InChI is InChI=1S/C16H17N3O5/c1-2-9-18(12-17-10-3-4-14(17)11-20)16(21)24-15-7-5-13(6-8-15)19(22)23/h1,5-8,11,14H,3-4,9-10,12H2/t14-/m1/s1. The number of amides is 1. The van der Waals surface area contributed by atoms with Gasteiger partial charge >= 0.3 is 6.09 Å². The van der Waals surface area contributed by atoms with Crippen molar-refractivity contribution in [2.24, 2.45) is 0 Å². The Bertz CT molecular complexity index is 653. The number of carbonyl (C=O) groups is 2. The normalized spacial score (nSPS) is 17.0. The molecule has 1 atom stereocenters. The average molecular weight is 331 g/mol. The molecule has 0 aliphatic carbocycles. The minimum Gasteiger partial charge on any atom is -0.410 e. The Morgan fingerprint density at radius 3 is 2.79 bits per heavy atom. The number of likely N-dealkylation sites (tertiary alicyclic amines) is 1. The topological polar surface area (TPSA) is 93.0 Å². The van der Waals surface area contributed by atoms with Crippen LogP contribution in [-0.4, -0.2) is 52.9 Å². The Hall–Kier alpha value is -2.92. The molecule has 1 aliphatic rings. The van der Waals surface area contributed by atoms with Crippen molar-refractivity contribution in [1.82, 2.24) is 9.80 Å². The van der Waals surface area contributed by atoms with Gasteiger partial charge in [0.1, 0.15) is 12.0 Å². The summed E-state index contributed by atoms with van der Waals surface area (Å²) < 4.78 is 5.20. The average Bonchev–Trinajstić information content (AvgIpc) is 3.02. The number of hydrogen-bond acceptors (Lipinski definition) is 6. The van der Waals surface area contributed by atoms with Crippen molar-refractivity contribution < 1.29 is 19.2 Å². The molecule has 0 unspecified atom stereocenters. The van der Waals surface area contributed by atoms with Crippen molar-refractivity contribution in [3.8, 4) is 18.1 Å². The molecular formula is C16H17N3O5. The number of nitro groups is 1. The fourth-order valence-electron chi connectivity index (χ4n) is 2.48. The van der Waals surface area contributed by atoms with Gasteiger partial charge in [-0.25, -0.2) is 4.79 Å². The second-order valence-electron chi connectivity index (χ2n) is 5.32. The number of aldehydes is 1. The van der Waals surface area contributed by atoms with Gasteiger partial charge in [0.25, 0.3) is 5.69 Å². The van der Waals surface area contributed by atoms with Crippen molar-refractivity contribution in [3.05, 3.63) is 34.4 Å². The molecule has 1 fully saturated rings. The van der Waals surface area contributed by atoms with Crippen molar-refractivity contribution >= 4 is 18.1 Å². The molecule has 0 aromatic heterocycles. The zero-order valence-corrected chi connectivity index (χ0v) is 13.0. The van der Waals surface area contributed by atoms with Crippen LogP contribution in [0.1, 0.15) is 12.8 Å². The van der Waals surface area contributed by atoms with Crippen LogP contribution >= 0.6 is 0 Å². The molecule has 126 valence electrons. The van der Waals surface area contributed by atoms with Gasteiger partial charge in [-0.1, -0.05) is 5.92 Å². The fourth-order valence-corrected chi connectivity index (χ4v) is 2.48. The van der Waals surface area contributed by atoms with Gasteiger partial charge < -0.3 is 9.53 Å². The number of terminal acetylenes is 1. The molecule has 1 aromatic rings. The van der Waals surface area contributed by atoms with E-state index in [1.165, 1.54) is 29.2 Å². The number of carbonyl (C=O) groups excluding carboxylic acids is 2. The smallest absolute Gasteiger partial charge is 0.410 e. The highest BCUT2D eigenvalue weighted by atomic mass is 16.6. The molecule has 2 rings (SSSR count). The third-order valence-corrected chi connectivity index (χ3v) is 3.72. The Kier molecular flexibility index (Phi) is 5.87. The highest BCUT2D eigenvalue weighted by molar-refractivity contribution is 5.71. The van der Waals surface area contributed by atoms with Crippen molar-refractivity contribution in [2.45, 2.75) is 18.9 Å². The van der Waals surface area contributed by atoms with Crippen molar-refractivity contribution in [3.63, 3.8) is 0 Å². The molecule has 0 N–H and O–H groups in total. The first-order chi connectivity index (χ1) is 11.5. The Balaban J connectivity index is 2.01. The van der Waals surface area contributed by atoms with Crippen LogP contribution in [0.3, 0.4) is 0 Å². The van der Waals surface area contributed by atoms with Crippen LogP contribution in [0.2, 0.25) is 0 Å². The zero-order chi connectivity index (χ0) is 17.5. The first-order valence-electron chi connectivity index (χ1n) is 7.39. The maximum atomic E-state index is 12.3. The van der Waals surface area contributed by atoms with Crippen LogP contribution in [0.4, 0.5) is 10.5 Å². The molecule has 1 saturated heterocycles. The van der Waals surface area contributed by atoms with E-state index in [2.05, 4.69) is 5.92 Å². The summed E-state index contributed by atoms with van der Waals surface area (Å²) in [4.78, 5) is 36.5. The maximum absolute atomic E-state index is 12.3. The van der Waals surface area contributed by atoms with E-state index in [0.717, 1.165) is 19.1 Å². The minimum absolute atomic E-state index is 0.0356. The van der Waals surface area contributed by atoms with Gasteiger partial charge in [0.05, 0.1) is 24.2 Å². The molecule has 0 radical (unpaired) electrons. The quantitative estimate of drug-likeness (QED) is 0.340. The molecule has 1 aliphatic heterocycles. The third kappa shape index (κ3) is 4.30. The lowest BCUT2D eigenvalue weighted by Gasteiger charge is -2.27. The van der Waals surface area contributed by atoms with E-state index < -0.39 is 11.0 Å². The van der Waals surface area contributed by atoms with Crippen LogP contribution in [-0.2, 0) is 4.79 Å². The highest BCUT2D eigenvalue weighted by Crippen LogP contribution is 2.19. The van der Waals surface area contributed by atoms with E-state index in [1.54, 1.807) is 0 Å². The molecule has 0 bridgehead atoms. The van der Waals surface area contributed by atoms with E-state index in [-0.39, 0.29) is 30.7 Å². The fraction of sp³-hybridized carbons (Fsp3) is 0.375. The van der Waals surface area contributed by atoms with Gasteiger partial charge in [-0.05, 0) is 25.0 Å². The van der Waals surface area contributed by atoms with E-state index in [4.69, 9.17) is 11.2 Å². The second kappa shape index (κ2) is 8.08. The van der Waals surface area contributed by atoms with Crippen LogP contribution in [0.5, 0.6) is 5.75 Å². The van der Waals surface area contributed by atoms with Gasteiger partial charge in [-0.3, -0.25) is 19.9 Å². The Morgan fingerprint density at radius 2 is 2.21 bits per heavy atom. The van der Waals surface area contributed by atoms with E-state index in [9.17, 15) is 19.7 Å². The van der Waals surface area contributed by atoms with Crippen molar-refractivity contribution in [2.75, 3.05) is 19.8 Å². The first-order valence-corrected chi connectivity index (χ1v) is 7.39. The number of ether oxygens (including phenoxy) is 1. The molecule has 8 heteroatoms. The van der Waals surface area contributed by atoms with Crippen LogP contribution in [0, 0.1) is 22.5 Å². The molecule has 1 amide bonds. The van der Waals surface area contributed by atoms with Gasteiger partial charge in [-0.2, -0.15) is 0 Å². The number of non-ortho nitro benzene ring substituents is 1. The molecular weight excluding hydrogens is 314 g/mol. The largest absolute Gasteiger partial charge is 0.417 e. The summed E-state index contributed by atoms with van der Waals surface area (Å²) in [6, 6.07) is 4.95. The summed E-state index contributed by atoms with van der Waals surface area (Å²) in [6.45, 7) is 0.933. The lowest BCUT2D eigenvalue weighted by molar-refractivity contribution is -0.384. The zero-order valence-electron chi connectivity index (χ0n) is 13.0. The Labute approximate surface area is 139 Å². The monoisotopic (exact) mass is 331 g/mol. The predicted octanol–water partition coefficient (Wildman–Crippen LogP) is 1.65. The molecule has 0 saturated carbocycles. The molecule has 8 nitrogen and oxygen atoms in total. The third-order valence-electron chi connectivity index (χ3n) is 3.72. The first kappa shape index (κ1) is 17.4.